The number of rotatable bonds is 74. The number of hydrogen-bond donors (Lipinski definition) is 3. The number of unbranched alkanes of at least 4 members (excludes halogenated alkanes) is 59. The molecular formula is C79H153NO5. The molecule has 0 saturated carbocycles. The molecule has 0 bridgehead atoms. The highest BCUT2D eigenvalue weighted by atomic mass is 16.5. The monoisotopic (exact) mass is 1200 g/mol. The van der Waals surface area contributed by atoms with Crippen LogP contribution in [-0.4, -0.2) is 47.4 Å². The largest absolute Gasteiger partial charge is 0.466 e. The first-order valence-electron chi connectivity index (χ1n) is 39.1. The molecule has 0 aliphatic carbocycles. The first kappa shape index (κ1) is 83.3. The molecule has 0 fully saturated rings. The lowest BCUT2D eigenvalue weighted by molar-refractivity contribution is -0.143. The maximum Gasteiger partial charge on any atom is 0.305 e. The molecule has 1 amide bonds. The van der Waals surface area contributed by atoms with Gasteiger partial charge in [0.15, 0.2) is 0 Å². The summed E-state index contributed by atoms with van der Waals surface area (Å²) in [6.45, 7) is 5.00. The van der Waals surface area contributed by atoms with Gasteiger partial charge in [-0.2, -0.15) is 0 Å². The predicted molar refractivity (Wildman–Crippen MR) is 375 cm³/mol. The van der Waals surface area contributed by atoms with E-state index in [2.05, 4.69) is 43.5 Å². The van der Waals surface area contributed by atoms with E-state index in [1.54, 1.807) is 0 Å². The van der Waals surface area contributed by atoms with Gasteiger partial charge in [-0.25, -0.2) is 0 Å². The fourth-order valence-electron chi connectivity index (χ4n) is 12.6. The fraction of sp³-hybridized carbons (Fsp3) is 0.924. The van der Waals surface area contributed by atoms with E-state index in [1.807, 2.05) is 0 Å². The number of carbonyl (C=O) groups is 2. The lowest BCUT2D eigenvalue weighted by atomic mass is 10.0. The fourth-order valence-corrected chi connectivity index (χ4v) is 12.6. The number of aliphatic hydroxyl groups excluding tert-OH is 2. The van der Waals surface area contributed by atoms with E-state index in [0.29, 0.717) is 25.9 Å². The number of hydrogen-bond acceptors (Lipinski definition) is 5. The molecule has 2 atom stereocenters. The molecule has 85 heavy (non-hydrogen) atoms. The first-order chi connectivity index (χ1) is 42.0. The lowest BCUT2D eigenvalue weighted by Crippen LogP contribution is -2.45. The maximum atomic E-state index is 12.6. The summed E-state index contributed by atoms with van der Waals surface area (Å²) in [6, 6.07) is -0.540. The van der Waals surface area contributed by atoms with Gasteiger partial charge < -0.3 is 20.3 Å². The predicted octanol–water partition coefficient (Wildman–Crippen LogP) is 25.7. The topological polar surface area (TPSA) is 95.9 Å². The molecule has 0 radical (unpaired) electrons. The summed E-state index contributed by atoms with van der Waals surface area (Å²) < 4.78 is 5.48. The van der Waals surface area contributed by atoms with Crippen molar-refractivity contribution in [3.8, 4) is 0 Å². The van der Waals surface area contributed by atoms with Gasteiger partial charge in [-0.3, -0.25) is 9.59 Å². The Balaban J connectivity index is 3.36. The van der Waals surface area contributed by atoms with Crippen molar-refractivity contribution in [3.63, 3.8) is 0 Å². The highest BCUT2D eigenvalue weighted by Crippen LogP contribution is 2.20. The van der Waals surface area contributed by atoms with Gasteiger partial charge in [-0.15, -0.1) is 0 Å². The number of aliphatic hydroxyl groups is 2. The van der Waals surface area contributed by atoms with Gasteiger partial charge in [-0.05, 0) is 57.8 Å². The van der Waals surface area contributed by atoms with Crippen molar-refractivity contribution in [1.82, 2.24) is 5.32 Å². The Morgan fingerprint density at radius 3 is 0.894 bits per heavy atom. The molecule has 0 aromatic heterocycles. The van der Waals surface area contributed by atoms with Crippen molar-refractivity contribution in [2.45, 2.75) is 456 Å². The quantitative estimate of drug-likeness (QED) is 0.0320. The number of ether oxygens (including phenoxy) is 1. The first-order valence-corrected chi connectivity index (χ1v) is 39.1. The minimum Gasteiger partial charge on any atom is -0.466 e. The molecular weight excluding hydrogens is 1040 g/mol. The van der Waals surface area contributed by atoms with Crippen LogP contribution >= 0.6 is 0 Å². The zero-order chi connectivity index (χ0) is 61.3. The Morgan fingerprint density at radius 2 is 0.588 bits per heavy atom. The van der Waals surface area contributed by atoms with Crippen LogP contribution in [0.2, 0.25) is 0 Å². The number of nitrogens with one attached hydrogen (secondary N) is 1. The van der Waals surface area contributed by atoms with E-state index in [-0.39, 0.29) is 18.5 Å². The molecule has 0 aliphatic heterocycles. The summed E-state index contributed by atoms with van der Waals surface area (Å²) >= 11 is 0. The van der Waals surface area contributed by atoms with Crippen LogP contribution in [0, 0.1) is 0 Å². The van der Waals surface area contributed by atoms with Crippen molar-refractivity contribution in [2.24, 2.45) is 0 Å². The molecule has 0 aromatic carbocycles. The summed E-state index contributed by atoms with van der Waals surface area (Å²) in [5.41, 5.74) is 0. The van der Waals surface area contributed by atoms with Crippen molar-refractivity contribution < 1.29 is 24.5 Å². The summed E-state index contributed by atoms with van der Waals surface area (Å²) in [7, 11) is 0. The van der Waals surface area contributed by atoms with Gasteiger partial charge in [0, 0.05) is 12.8 Å². The summed E-state index contributed by atoms with van der Waals surface area (Å²) in [5, 5.41) is 23.4. The van der Waals surface area contributed by atoms with E-state index >= 15 is 0 Å². The highest BCUT2D eigenvalue weighted by Gasteiger charge is 2.20. The Bertz CT molecular complexity index is 1330. The Labute approximate surface area is 532 Å². The average molecular weight is 1200 g/mol. The van der Waals surface area contributed by atoms with E-state index in [1.165, 1.54) is 366 Å². The number of esters is 1. The third-order valence-electron chi connectivity index (χ3n) is 18.5. The molecule has 0 heterocycles. The minimum absolute atomic E-state index is 0.0192. The summed E-state index contributed by atoms with van der Waals surface area (Å²) in [4.78, 5) is 24.6. The van der Waals surface area contributed by atoms with E-state index in [0.717, 1.165) is 44.9 Å². The van der Waals surface area contributed by atoms with E-state index in [4.69, 9.17) is 4.74 Å². The van der Waals surface area contributed by atoms with Crippen molar-refractivity contribution in [3.05, 3.63) is 24.3 Å². The molecule has 0 saturated heterocycles. The number of allylic oxidation sites excluding steroid dienone is 4. The van der Waals surface area contributed by atoms with Crippen LogP contribution in [0.5, 0.6) is 0 Å². The van der Waals surface area contributed by atoms with Gasteiger partial charge in [0.05, 0.1) is 25.4 Å². The Morgan fingerprint density at radius 1 is 0.329 bits per heavy atom. The second-order valence-electron chi connectivity index (χ2n) is 27.0. The van der Waals surface area contributed by atoms with E-state index < -0.39 is 12.1 Å². The molecule has 2 unspecified atom stereocenters. The highest BCUT2D eigenvalue weighted by molar-refractivity contribution is 5.76. The molecule has 3 N–H and O–H groups in total. The number of amides is 1. The van der Waals surface area contributed by atoms with Gasteiger partial charge in [0.1, 0.15) is 0 Å². The van der Waals surface area contributed by atoms with Crippen molar-refractivity contribution >= 4 is 11.9 Å². The van der Waals surface area contributed by atoms with Crippen LogP contribution < -0.4 is 5.32 Å². The van der Waals surface area contributed by atoms with Crippen LogP contribution in [0.4, 0.5) is 0 Å². The van der Waals surface area contributed by atoms with Gasteiger partial charge in [0.25, 0.3) is 0 Å². The lowest BCUT2D eigenvalue weighted by Gasteiger charge is -2.22. The molecule has 6 nitrogen and oxygen atoms in total. The SMILES string of the molecule is CCCCCCCCCCCCCCCCCCCCCCC(O)C(CO)NC(=O)CCCCCCCCCCCCCCCCCCC/C=C\C/C=C\CCCCCCCCCCCCCCCOC(=O)CCCCCCCCCCCCC. The molecule has 0 rings (SSSR count). The average Bonchev–Trinajstić information content (AvgIpc) is 3.55. The Hall–Kier alpha value is -1.66. The van der Waals surface area contributed by atoms with Gasteiger partial charge >= 0.3 is 5.97 Å². The van der Waals surface area contributed by atoms with Gasteiger partial charge in [-0.1, -0.05) is 398 Å². The second-order valence-corrected chi connectivity index (χ2v) is 27.0. The summed E-state index contributed by atoms with van der Waals surface area (Å²) in [5.74, 6) is -0.00797. The van der Waals surface area contributed by atoms with Crippen LogP contribution in [0.3, 0.4) is 0 Å². The van der Waals surface area contributed by atoms with Crippen LogP contribution in [-0.2, 0) is 14.3 Å². The van der Waals surface area contributed by atoms with Crippen molar-refractivity contribution in [2.75, 3.05) is 13.2 Å². The zero-order valence-electron chi connectivity index (χ0n) is 57.9. The van der Waals surface area contributed by atoms with Crippen molar-refractivity contribution in [1.29, 1.82) is 0 Å². The molecule has 0 spiro atoms. The molecule has 504 valence electrons. The summed E-state index contributed by atoms with van der Waals surface area (Å²) in [6.07, 6.45) is 95.6. The van der Waals surface area contributed by atoms with Crippen LogP contribution in [0.1, 0.15) is 444 Å². The van der Waals surface area contributed by atoms with Crippen LogP contribution in [0.15, 0.2) is 24.3 Å². The third-order valence-corrected chi connectivity index (χ3v) is 18.5. The Kier molecular flexibility index (Phi) is 73.3. The number of carbonyl (C=O) groups excluding carboxylic acids is 2. The smallest absolute Gasteiger partial charge is 0.305 e. The molecule has 6 heteroatoms. The standard InChI is InChI=1S/C79H153NO5/c1-3-5-7-9-11-13-15-16-17-18-19-39-42-45-48-52-55-59-63-67-71-77(82)76(75-81)80-78(83)72-68-64-60-56-53-49-46-43-40-37-35-33-31-29-27-25-23-21-20-22-24-26-28-30-32-34-36-38-41-44-47-50-54-58-62-66-70-74-85-79(84)73-69-65-61-57-51-14-12-10-8-6-4-2/h20,22,26,28,76-77,81-82H,3-19,21,23-25,27,29-75H2,1-2H3,(H,80,83)/b22-20-,28-26-. The minimum atomic E-state index is -0.663. The zero-order valence-corrected chi connectivity index (χ0v) is 57.9. The normalized spacial score (nSPS) is 12.6. The van der Waals surface area contributed by atoms with E-state index in [9.17, 15) is 19.8 Å². The molecule has 0 aliphatic rings. The van der Waals surface area contributed by atoms with Crippen LogP contribution in [0.25, 0.3) is 0 Å². The maximum absolute atomic E-state index is 12.6. The van der Waals surface area contributed by atoms with Gasteiger partial charge in [0.2, 0.25) is 5.91 Å². The second kappa shape index (κ2) is 74.8. The molecule has 0 aromatic rings. The third kappa shape index (κ3) is 71.3.